The third-order valence-corrected chi connectivity index (χ3v) is 4.91. The Labute approximate surface area is 178 Å². The second kappa shape index (κ2) is 7.94. The maximum atomic E-state index is 5.58. The molecule has 1 aromatic carbocycles. The fraction of sp³-hybridized carbons (Fsp3) is 0.182. The van der Waals surface area contributed by atoms with Gasteiger partial charge in [-0.05, 0) is 30.2 Å². The first-order valence-corrected chi connectivity index (χ1v) is 9.97. The molecule has 0 radical (unpaired) electrons. The van der Waals surface area contributed by atoms with Gasteiger partial charge in [-0.3, -0.25) is 4.98 Å². The average molecular weight is 412 g/mol. The zero-order valence-electron chi connectivity index (χ0n) is 17.0. The smallest absolute Gasteiger partial charge is 0.249 e. The third-order valence-electron chi connectivity index (χ3n) is 4.91. The van der Waals surface area contributed by atoms with Crippen molar-refractivity contribution in [3.8, 4) is 22.8 Å². The molecule has 9 nitrogen and oxygen atoms in total. The van der Waals surface area contributed by atoms with E-state index in [2.05, 4.69) is 44.5 Å². The first-order chi connectivity index (χ1) is 15.2. The SMILES string of the molecule is CC(C)C(Nc1ccc2nnc(-c3ccccc3)n2n1)c1nc(-c2ccncc2)no1. The summed E-state index contributed by atoms with van der Waals surface area (Å²) in [6, 6.07) is 17.1. The molecule has 31 heavy (non-hydrogen) atoms. The molecule has 9 heteroatoms. The van der Waals surface area contributed by atoms with Gasteiger partial charge in [0.2, 0.25) is 11.7 Å². The van der Waals surface area contributed by atoms with Crippen molar-refractivity contribution in [2.75, 3.05) is 5.32 Å². The van der Waals surface area contributed by atoms with Crippen LogP contribution in [0, 0.1) is 5.92 Å². The van der Waals surface area contributed by atoms with E-state index in [-0.39, 0.29) is 12.0 Å². The van der Waals surface area contributed by atoms with E-state index in [0.29, 0.717) is 29.0 Å². The minimum absolute atomic E-state index is 0.178. The van der Waals surface area contributed by atoms with Crippen LogP contribution in [0.1, 0.15) is 25.8 Å². The molecule has 0 aliphatic heterocycles. The highest BCUT2D eigenvalue weighted by Crippen LogP contribution is 2.27. The van der Waals surface area contributed by atoms with Crippen LogP contribution in [0.5, 0.6) is 0 Å². The lowest BCUT2D eigenvalue weighted by Crippen LogP contribution is -2.18. The van der Waals surface area contributed by atoms with Gasteiger partial charge in [0, 0.05) is 23.5 Å². The van der Waals surface area contributed by atoms with Gasteiger partial charge in [-0.2, -0.15) is 9.50 Å². The highest BCUT2D eigenvalue weighted by atomic mass is 16.5. The quantitative estimate of drug-likeness (QED) is 0.445. The summed E-state index contributed by atoms with van der Waals surface area (Å²) in [6.07, 6.45) is 3.40. The minimum atomic E-state index is -0.218. The number of nitrogens with zero attached hydrogens (tertiary/aromatic N) is 7. The van der Waals surface area contributed by atoms with Gasteiger partial charge in [-0.1, -0.05) is 49.3 Å². The van der Waals surface area contributed by atoms with Gasteiger partial charge in [-0.15, -0.1) is 15.3 Å². The van der Waals surface area contributed by atoms with E-state index in [1.165, 1.54) is 0 Å². The van der Waals surface area contributed by atoms with E-state index in [1.54, 1.807) is 16.9 Å². The topological polar surface area (TPSA) is 107 Å². The van der Waals surface area contributed by atoms with E-state index in [9.17, 15) is 0 Å². The van der Waals surface area contributed by atoms with Crippen molar-refractivity contribution in [2.45, 2.75) is 19.9 Å². The van der Waals surface area contributed by atoms with Gasteiger partial charge in [0.05, 0.1) is 0 Å². The number of hydrogen-bond donors (Lipinski definition) is 1. The van der Waals surface area contributed by atoms with Gasteiger partial charge in [0.1, 0.15) is 11.9 Å². The van der Waals surface area contributed by atoms with Crippen LogP contribution in [0.3, 0.4) is 0 Å². The molecule has 1 N–H and O–H groups in total. The first kappa shape index (κ1) is 18.9. The summed E-state index contributed by atoms with van der Waals surface area (Å²) in [7, 11) is 0. The van der Waals surface area contributed by atoms with Crippen LogP contribution >= 0.6 is 0 Å². The molecule has 0 saturated heterocycles. The predicted octanol–water partition coefficient (Wildman–Crippen LogP) is 4.05. The van der Waals surface area contributed by atoms with Crippen LogP contribution in [0.25, 0.3) is 28.4 Å². The monoisotopic (exact) mass is 412 g/mol. The Balaban J connectivity index is 1.46. The fourth-order valence-corrected chi connectivity index (χ4v) is 3.29. The van der Waals surface area contributed by atoms with Crippen LogP contribution in [0.15, 0.2) is 71.5 Å². The number of pyridine rings is 1. The average Bonchev–Trinajstić information content (AvgIpc) is 3.46. The van der Waals surface area contributed by atoms with Gasteiger partial charge in [-0.25, -0.2) is 0 Å². The first-order valence-electron chi connectivity index (χ1n) is 9.97. The number of nitrogens with one attached hydrogen (secondary N) is 1. The Kier molecular flexibility index (Phi) is 4.83. The van der Waals surface area contributed by atoms with E-state index < -0.39 is 0 Å². The lowest BCUT2D eigenvalue weighted by atomic mass is 10.0. The van der Waals surface area contributed by atoms with Crippen molar-refractivity contribution in [1.29, 1.82) is 0 Å². The molecule has 0 fully saturated rings. The molecule has 0 saturated carbocycles. The molecule has 5 rings (SSSR count). The Morgan fingerprint density at radius 2 is 1.71 bits per heavy atom. The van der Waals surface area contributed by atoms with Crippen LogP contribution in [0.4, 0.5) is 5.82 Å². The normalized spacial score (nSPS) is 12.4. The molecule has 0 aliphatic rings. The van der Waals surface area contributed by atoms with Crippen molar-refractivity contribution in [3.63, 3.8) is 0 Å². The summed E-state index contributed by atoms with van der Waals surface area (Å²) in [6.45, 7) is 4.17. The number of aromatic nitrogens is 7. The van der Waals surface area contributed by atoms with E-state index in [4.69, 9.17) is 9.62 Å². The minimum Gasteiger partial charge on any atom is -0.357 e. The molecule has 154 valence electrons. The van der Waals surface area contributed by atoms with Gasteiger partial charge in [0.25, 0.3) is 0 Å². The number of anilines is 1. The second-order valence-corrected chi connectivity index (χ2v) is 7.44. The van der Waals surface area contributed by atoms with Crippen LogP contribution in [-0.2, 0) is 0 Å². The lowest BCUT2D eigenvalue weighted by Gasteiger charge is -2.19. The zero-order valence-corrected chi connectivity index (χ0v) is 17.0. The zero-order chi connectivity index (χ0) is 21.2. The Morgan fingerprint density at radius 3 is 2.48 bits per heavy atom. The van der Waals surface area contributed by atoms with Crippen molar-refractivity contribution >= 4 is 11.5 Å². The van der Waals surface area contributed by atoms with Crippen LogP contribution < -0.4 is 5.32 Å². The maximum Gasteiger partial charge on any atom is 0.249 e. The Morgan fingerprint density at radius 1 is 0.903 bits per heavy atom. The molecule has 4 aromatic heterocycles. The Bertz CT molecular complexity index is 1300. The Hall–Kier alpha value is -4.14. The predicted molar refractivity (Wildman–Crippen MR) is 115 cm³/mol. The molecule has 4 heterocycles. The van der Waals surface area contributed by atoms with Crippen molar-refractivity contribution in [1.82, 2.24) is 34.9 Å². The van der Waals surface area contributed by atoms with E-state index in [0.717, 1.165) is 11.1 Å². The largest absolute Gasteiger partial charge is 0.357 e. The summed E-state index contributed by atoms with van der Waals surface area (Å²) in [4.78, 5) is 8.62. The fourth-order valence-electron chi connectivity index (χ4n) is 3.29. The molecule has 0 amide bonds. The number of benzene rings is 1. The standard InChI is InChI=1S/C22H20N8O/c1-14(2)19(22-25-20(29-31-22)15-10-12-23-13-11-15)24-17-8-9-18-26-27-21(30(18)28-17)16-6-4-3-5-7-16/h3-14,19H,1-2H3,(H,24,28). The third kappa shape index (κ3) is 3.73. The summed E-state index contributed by atoms with van der Waals surface area (Å²) >= 11 is 0. The van der Waals surface area contributed by atoms with Crippen molar-refractivity contribution in [3.05, 3.63) is 72.9 Å². The maximum absolute atomic E-state index is 5.58. The van der Waals surface area contributed by atoms with Gasteiger partial charge < -0.3 is 9.84 Å². The molecule has 0 aliphatic carbocycles. The van der Waals surface area contributed by atoms with Crippen molar-refractivity contribution < 1.29 is 4.52 Å². The summed E-state index contributed by atoms with van der Waals surface area (Å²) in [5.74, 6) is 2.54. The summed E-state index contributed by atoms with van der Waals surface area (Å²) < 4.78 is 7.30. The summed E-state index contributed by atoms with van der Waals surface area (Å²) in [5.41, 5.74) is 2.46. The van der Waals surface area contributed by atoms with Crippen LogP contribution in [0.2, 0.25) is 0 Å². The van der Waals surface area contributed by atoms with Crippen molar-refractivity contribution in [2.24, 2.45) is 5.92 Å². The van der Waals surface area contributed by atoms with Crippen LogP contribution in [-0.4, -0.2) is 34.9 Å². The van der Waals surface area contributed by atoms with E-state index in [1.807, 2.05) is 54.6 Å². The highest BCUT2D eigenvalue weighted by Gasteiger charge is 2.24. The number of fused-ring (bicyclic) bond motifs is 1. The number of hydrogen-bond acceptors (Lipinski definition) is 8. The molecular formula is C22H20N8O. The number of rotatable bonds is 6. The molecule has 1 unspecified atom stereocenters. The molecule has 0 bridgehead atoms. The van der Waals surface area contributed by atoms with Gasteiger partial charge >= 0.3 is 0 Å². The second-order valence-electron chi connectivity index (χ2n) is 7.44. The molecular weight excluding hydrogens is 392 g/mol. The summed E-state index contributed by atoms with van der Waals surface area (Å²) in [5, 5.41) is 20.8. The molecule has 5 aromatic rings. The molecule has 1 atom stereocenters. The molecule has 0 spiro atoms. The van der Waals surface area contributed by atoms with Gasteiger partial charge in [0.15, 0.2) is 11.5 Å². The lowest BCUT2D eigenvalue weighted by molar-refractivity contribution is 0.335. The highest BCUT2D eigenvalue weighted by molar-refractivity contribution is 5.59. The van der Waals surface area contributed by atoms with E-state index >= 15 is 0 Å².